The van der Waals surface area contributed by atoms with Crippen LogP contribution in [0.5, 0.6) is 5.75 Å². The Labute approximate surface area is 124 Å². The number of nitrogens with one attached hydrogen (secondary N) is 1. The van der Waals surface area contributed by atoms with Gasteiger partial charge in [0.2, 0.25) is 10.0 Å². The van der Waals surface area contributed by atoms with Crippen LogP contribution in [-0.2, 0) is 14.8 Å². The molecule has 2 rings (SSSR count). The highest BCUT2D eigenvalue weighted by atomic mass is 32.2. The van der Waals surface area contributed by atoms with Crippen molar-refractivity contribution in [3.8, 4) is 5.75 Å². The van der Waals surface area contributed by atoms with Gasteiger partial charge >= 0.3 is 0 Å². The van der Waals surface area contributed by atoms with Crippen LogP contribution in [0.1, 0.15) is 29.6 Å². The average molecular weight is 313 g/mol. The first-order chi connectivity index (χ1) is 10.00. The molecule has 21 heavy (non-hydrogen) atoms. The molecule has 1 aromatic carbocycles. The lowest BCUT2D eigenvalue weighted by molar-refractivity contribution is 0.0304. The first-order valence-corrected chi connectivity index (χ1v) is 8.46. The molecule has 116 valence electrons. The number of amides is 1. The molecule has 0 spiro atoms. The molecule has 0 bridgehead atoms. The number of ether oxygens (including phenoxy) is 2. The summed E-state index contributed by atoms with van der Waals surface area (Å²) in [6, 6.07) is 6.24. The molecular weight excluding hydrogens is 294 g/mol. The molecule has 1 amide bonds. The highest BCUT2D eigenvalue weighted by Gasteiger charge is 2.24. The summed E-state index contributed by atoms with van der Waals surface area (Å²) in [7, 11) is -2.18. The molecule has 0 saturated carbocycles. The van der Waals surface area contributed by atoms with Gasteiger partial charge in [-0.1, -0.05) is 0 Å². The van der Waals surface area contributed by atoms with Gasteiger partial charge in [-0.05, 0) is 43.5 Å². The van der Waals surface area contributed by atoms with E-state index < -0.39 is 15.9 Å². The number of sulfonamides is 1. The Morgan fingerprint density at radius 1 is 1.33 bits per heavy atom. The largest absolute Gasteiger partial charge is 0.497 e. The van der Waals surface area contributed by atoms with Crippen molar-refractivity contribution < 1.29 is 22.7 Å². The fourth-order valence-electron chi connectivity index (χ4n) is 2.17. The second-order valence-corrected chi connectivity index (χ2v) is 6.70. The third kappa shape index (κ3) is 4.71. The van der Waals surface area contributed by atoms with E-state index in [1.54, 1.807) is 12.1 Å². The van der Waals surface area contributed by atoms with E-state index in [1.807, 2.05) is 0 Å². The summed E-state index contributed by atoms with van der Waals surface area (Å²) in [5.74, 6) is -0.229. The number of rotatable bonds is 5. The van der Waals surface area contributed by atoms with E-state index in [4.69, 9.17) is 9.47 Å². The van der Waals surface area contributed by atoms with Crippen LogP contribution in [0.25, 0.3) is 0 Å². The zero-order chi connectivity index (χ0) is 15.3. The molecule has 0 aliphatic carbocycles. The van der Waals surface area contributed by atoms with Crippen LogP contribution in [0.15, 0.2) is 24.3 Å². The number of carbonyl (C=O) groups is 1. The minimum absolute atomic E-state index is 0.186. The van der Waals surface area contributed by atoms with Gasteiger partial charge in [-0.2, -0.15) is 0 Å². The summed E-state index contributed by atoms with van der Waals surface area (Å²) in [5, 5.41) is 0. The fourth-order valence-corrected chi connectivity index (χ4v) is 3.40. The second kappa shape index (κ2) is 6.91. The van der Waals surface area contributed by atoms with Crippen molar-refractivity contribution in [1.82, 2.24) is 4.72 Å². The molecule has 7 heteroatoms. The van der Waals surface area contributed by atoms with E-state index in [0.29, 0.717) is 18.8 Å². The lowest BCUT2D eigenvalue weighted by Gasteiger charge is -2.22. The third-order valence-corrected chi connectivity index (χ3v) is 4.59. The van der Waals surface area contributed by atoms with E-state index in [2.05, 4.69) is 4.72 Å². The van der Waals surface area contributed by atoms with E-state index >= 15 is 0 Å². The van der Waals surface area contributed by atoms with Gasteiger partial charge in [-0.3, -0.25) is 4.79 Å². The van der Waals surface area contributed by atoms with Crippen molar-refractivity contribution in [1.29, 1.82) is 0 Å². The van der Waals surface area contributed by atoms with Gasteiger partial charge in [0.05, 0.1) is 19.0 Å². The van der Waals surface area contributed by atoms with Crippen molar-refractivity contribution in [2.24, 2.45) is 0 Å². The van der Waals surface area contributed by atoms with E-state index in [9.17, 15) is 13.2 Å². The standard InChI is InChI=1S/C14H19NO5S/c1-19-12-7-5-11(6-8-12)14(16)15-21(17,18)10-13-4-2-3-9-20-13/h5-8,13H,2-4,9-10H2,1H3,(H,15,16)/t13-/m0/s1. The van der Waals surface area contributed by atoms with Crippen molar-refractivity contribution >= 4 is 15.9 Å². The van der Waals surface area contributed by atoms with Crippen LogP contribution >= 0.6 is 0 Å². The Balaban J connectivity index is 1.96. The van der Waals surface area contributed by atoms with Gasteiger partial charge in [0, 0.05) is 12.2 Å². The topological polar surface area (TPSA) is 81.7 Å². The zero-order valence-electron chi connectivity index (χ0n) is 11.9. The summed E-state index contributed by atoms with van der Waals surface area (Å²) >= 11 is 0. The van der Waals surface area contributed by atoms with Crippen molar-refractivity contribution in [3.63, 3.8) is 0 Å². The van der Waals surface area contributed by atoms with Crippen LogP contribution < -0.4 is 9.46 Å². The molecule has 1 aromatic rings. The van der Waals surface area contributed by atoms with Crippen LogP contribution in [0, 0.1) is 0 Å². The van der Waals surface area contributed by atoms with E-state index in [0.717, 1.165) is 12.8 Å². The number of hydrogen-bond donors (Lipinski definition) is 1. The lowest BCUT2D eigenvalue weighted by atomic mass is 10.1. The van der Waals surface area contributed by atoms with Crippen molar-refractivity contribution in [2.45, 2.75) is 25.4 Å². The van der Waals surface area contributed by atoms with E-state index in [-0.39, 0.29) is 17.4 Å². The molecule has 1 aliphatic rings. The number of carbonyl (C=O) groups excluding carboxylic acids is 1. The first-order valence-electron chi connectivity index (χ1n) is 6.80. The van der Waals surface area contributed by atoms with Crippen LogP contribution in [-0.4, -0.2) is 39.9 Å². The van der Waals surface area contributed by atoms with Gasteiger partial charge in [-0.15, -0.1) is 0 Å². The van der Waals surface area contributed by atoms with Crippen molar-refractivity contribution in [2.75, 3.05) is 19.5 Å². The Hall–Kier alpha value is -1.60. The molecule has 0 radical (unpaired) electrons. The van der Waals surface area contributed by atoms with Gasteiger partial charge in [0.25, 0.3) is 5.91 Å². The molecule has 1 fully saturated rings. The molecule has 1 N–H and O–H groups in total. The van der Waals surface area contributed by atoms with E-state index in [1.165, 1.54) is 19.2 Å². The maximum atomic E-state index is 12.0. The summed E-state index contributed by atoms with van der Waals surface area (Å²) < 4.78 is 36.4. The molecule has 0 aromatic heterocycles. The normalized spacial score (nSPS) is 19.0. The Bertz CT molecular complexity index is 576. The quantitative estimate of drug-likeness (QED) is 0.886. The fraction of sp³-hybridized carbons (Fsp3) is 0.500. The van der Waals surface area contributed by atoms with Gasteiger partial charge in [-0.25, -0.2) is 13.1 Å². The highest BCUT2D eigenvalue weighted by molar-refractivity contribution is 7.90. The smallest absolute Gasteiger partial charge is 0.264 e. The minimum atomic E-state index is -3.70. The summed E-state index contributed by atoms with van der Waals surface area (Å²) in [5.41, 5.74) is 0.268. The lowest BCUT2D eigenvalue weighted by Crippen LogP contribution is -2.38. The third-order valence-electron chi connectivity index (χ3n) is 3.28. The number of benzene rings is 1. The van der Waals surface area contributed by atoms with Crippen molar-refractivity contribution in [3.05, 3.63) is 29.8 Å². The maximum absolute atomic E-state index is 12.0. The molecule has 0 unspecified atom stereocenters. The monoisotopic (exact) mass is 313 g/mol. The predicted octanol–water partition coefficient (Wildman–Crippen LogP) is 1.32. The minimum Gasteiger partial charge on any atom is -0.497 e. The Morgan fingerprint density at radius 3 is 2.62 bits per heavy atom. The zero-order valence-corrected chi connectivity index (χ0v) is 12.7. The molecule has 1 aliphatic heterocycles. The molecule has 1 atom stereocenters. The van der Waals surface area contributed by atoms with Crippen LogP contribution in [0.3, 0.4) is 0 Å². The molecule has 1 heterocycles. The number of methoxy groups -OCH3 is 1. The van der Waals surface area contributed by atoms with Gasteiger partial charge in [0.15, 0.2) is 0 Å². The second-order valence-electron chi connectivity index (χ2n) is 4.93. The molecular formula is C14H19NO5S. The summed E-state index contributed by atoms with van der Waals surface area (Å²) in [4.78, 5) is 11.9. The number of hydrogen-bond acceptors (Lipinski definition) is 5. The Kier molecular flexibility index (Phi) is 5.19. The molecule has 1 saturated heterocycles. The first kappa shape index (κ1) is 15.8. The maximum Gasteiger partial charge on any atom is 0.264 e. The summed E-state index contributed by atoms with van der Waals surface area (Å²) in [6.45, 7) is 0.576. The summed E-state index contributed by atoms with van der Waals surface area (Å²) in [6.07, 6.45) is 2.28. The SMILES string of the molecule is COc1ccc(C(=O)NS(=O)(=O)C[C@@H]2CCCCO2)cc1. The van der Waals surface area contributed by atoms with Crippen LogP contribution in [0.4, 0.5) is 0 Å². The average Bonchev–Trinajstić information content (AvgIpc) is 2.47. The van der Waals surface area contributed by atoms with Crippen LogP contribution in [0.2, 0.25) is 0 Å². The van der Waals surface area contributed by atoms with Gasteiger partial charge < -0.3 is 9.47 Å². The van der Waals surface area contributed by atoms with Gasteiger partial charge in [0.1, 0.15) is 5.75 Å². The Morgan fingerprint density at radius 2 is 2.05 bits per heavy atom. The molecule has 6 nitrogen and oxygen atoms in total. The predicted molar refractivity (Wildman–Crippen MR) is 77.8 cm³/mol. The highest BCUT2D eigenvalue weighted by Crippen LogP contribution is 2.15.